The van der Waals surface area contributed by atoms with Crippen LogP contribution in [-0.4, -0.2) is 14.8 Å². The summed E-state index contributed by atoms with van der Waals surface area (Å²) in [5.74, 6) is 0. The summed E-state index contributed by atoms with van der Waals surface area (Å²) in [7, 11) is 0. The molecule has 0 unspecified atom stereocenters. The molecule has 0 bridgehead atoms. The first-order valence-corrected chi connectivity index (χ1v) is 5.96. The third-order valence-corrected chi connectivity index (χ3v) is 2.86. The van der Waals surface area contributed by atoms with E-state index in [4.69, 9.17) is 0 Å². The first kappa shape index (κ1) is 12.7. The van der Waals surface area contributed by atoms with Crippen molar-refractivity contribution in [2.75, 3.05) is 0 Å². The van der Waals surface area contributed by atoms with Crippen LogP contribution in [0.2, 0.25) is 0 Å². The van der Waals surface area contributed by atoms with Gasteiger partial charge in [-0.2, -0.15) is 5.10 Å². The minimum atomic E-state index is -2.51. The normalized spacial score (nSPS) is 11.2. The molecule has 2 rings (SSSR count). The average molecular weight is 251 g/mol. The van der Waals surface area contributed by atoms with Crippen LogP contribution in [0.4, 0.5) is 8.78 Å². The SMILES string of the molecule is CCc1cc(-c2cnccc2C(F)F)n(CC)n1. The lowest BCUT2D eigenvalue weighted by atomic mass is 10.1. The van der Waals surface area contributed by atoms with E-state index in [0.717, 1.165) is 12.1 Å². The molecule has 2 heterocycles. The molecule has 0 spiro atoms. The lowest BCUT2D eigenvalue weighted by molar-refractivity contribution is 0.152. The zero-order valence-corrected chi connectivity index (χ0v) is 10.4. The average Bonchev–Trinajstić information content (AvgIpc) is 2.81. The van der Waals surface area contributed by atoms with Crippen molar-refractivity contribution in [1.82, 2.24) is 14.8 Å². The van der Waals surface area contributed by atoms with Crippen molar-refractivity contribution in [2.24, 2.45) is 0 Å². The fourth-order valence-electron chi connectivity index (χ4n) is 1.91. The van der Waals surface area contributed by atoms with E-state index in [-0.39, 0.29) is 5.56 Å². The molecule has 18 heavy (non-hydrogen) atoms. The van der Waals surface area contributed by atoms with Crippen LogP contribution in [0, 0.1) is 0 Å². The van der Waals surface area contributed by atoms with Crippen LogP contribution in [0.3, 0.4) is 0 Å². The van der Waals surface area contributed by atoms with Crippen molar-refractivity contribution in [3.63, 3.8) is 0 Å². The van der Waals surface area contributed by atoms with Crippen molar-refractivity contribution in [3.05, 3.63) is 35.8 Å². The fraction of sp³-hybridized carbons (Fsp3) is 0.385. The van der Waals surface area contributed by atoms with Crippen LogP contribution < -0.4 is 0 Å². The van der Waals surface area contributed by atoms with Crippen molar-refractivity contribution < 1.29 is 8.78 Å². The topological polar surface area (TPSA) is 30.7 Å². The van der Waals surface area contributed by atoms with Gasteiger partial charge in [-0.15, -0.1) is 0 Å². The summed E-state index contributed by atoms with van der Waals surface area (Å²) in [6, 6.07) is 3.21. The third kappa shape index (κ3) is 2.25. The molecule has 0 N–H and O–H groups in total. The number of hydrogen-bond donors (Lipinski definition) is 0. The Morgan fingerprint density at radius 1 is 1.33 bits per heavy atom. The largest absolute Gasteiger partial charge is 0.265 e. The van der Waals surface area contributed by atoms with E-state index in [9.17, 15) is 8.78 Å². The standard InChI is InChI=1S/C13H15F2N3/c1-3-9-7-12(18(4-2)17-9)11-8-16-6-5-10(11)13(14)15/h5-8,13H,3-4H2,1-2H3. The molecule has 0 saturated carbocycles. The molecule has 0 aliphatic rings. The predicted octanol–water partition coefficient (Wildman–Crippen LogP) is 3.47. The van der Waals surface area contributed by atoms with Gasteiger partial charge in [-0.3, -0.25) is 9.67 Å². The van der Waals surface area contributed by atoms with Crippen molar-refractivity contribution in [1.29, 1.82) is 0 Å². The van der Waals surface area contributed by atoms with Crippen LogP contribution in [0.15, 0.2) is 24.5 Å². The maximum absolute atomic E-state index is 13.0. The molecular formula is C13H15F2N3. The van der Waals surface area contributed by atoms with E-state index in [1.807, 2.05) is 19.9 Å². The van der Waals surface area contributed by atoms with E-state index in [1.165, 1.54) is 18.5 Å². The molecule has 2 aromatic heterocycles. The highest BCUT2D eigenvalue weighted by atomic mass is 19.3. The highest BCUT2D eigenvalue weighted by Gasteiger charge is 2.17. The molecule has 2 aromatic rings. The minimum Gasteiger partial charge on any atom is -0.265 e. The van der Waals surface area contributed by atoms with E-state index >= 15 is 0 Å². The summed E-state index contributed by atoms with van der Waals surface area (Å²) in [5, 5.41) is 4.37. The lowest BCUT2D eigenvalue weighted by Gasteiger charge is -2.09. The molecule has 0 saturated heterocycles. The molecule has 5 heteroatoms. The fourth-order valence-corrected chi connectivity index (χ4v) is 1.91. The molecular weight excluding hydrogens is 236 g/mol. The van der Waals surface area contributed by atoms with Gasteiger partial charge in [-0.1, -0.05) is 6.92 Å². The van der Waals surface area contributed by atoms with Crippen LogP contribution in [0.25, 0.3) is 11.3 Å². The van der Waals surface area contributed by atoms with E-state index in [1.54, 1.807) is 4.68 Å². The highest BCUT2D eigenvalue weighted by molar-refractivity contribution is 5.63. The molecule has 0 fully saturated rings. The first-order chi connectivity index (χ1) is 8.67. The second-order valence-electron chi connectivity index (χ2n) is 3.95. The Labute approximate surface area is 104 Å². The molecule has 0 radical (unpaired) electrons. The monoisotopic (exact) mass is 251 g/mol. The maximum Gasteiger partial charge on any atom is 0.264 e. The number of aromatic nitrogens is 3. The number of pyridine rings is 1. The summed E-state index contributed by atoms with van der Waals surface area (Å²) in [6.07, 6.45) is 1.14. The first-order valence-electron chi connectivity index (χ1n) is 5.96. The lowest BCUT2D eigenvalue weighted by Crippen LogP contribution is -2.02. The molecule has 0 aliphatic heterocycles. The van der Waals surface area contributed by atoms with Gasteiger partial charge >= 0.3 is 0 Å². The van der Waals surface area contributed by atoms with Crippen molar-refractivity contribution in [3.8, 4) is 11.3 Å². The number of halogens is 2. The molecule has 0 amide bonds. The summed E-state index contributed by atoms with van der Waals surface area (Å²) in [6.45, 7) is 4.57. The Bertz CT molecular complexity index is 535. The number of alkyl halides is 2. The van der Waals surface area contributed by atoms with Gasteiger partial charge in [0.2, 0.25) is 0 Å². The Morgan fingerprint density at radius 2 is 2.11 bits per heavy atom. The number of nitrogens with zero attached hydrogens (tertiary/aromatic N) is 3. The van der Waals surface area contributed by atoms with Gasteiger partial charge < -0.3 is 0 Å². The Kier molecular flexibility index (Phi) is 3.69. The van der Waals surface area contributed by atoms with Crippen LogP contribution in [-0.2, 0) is 13.0 Å². The van der Waals surface area contributed by atoms with Gasteiger partial charge in [0.25, 0.3) is 6.43 Å². The zero-order chi connectivity index (χ0) is 13.1. The highest BCUT2D eigenvalue weighted by Crippen LogP contribution is 2.30. The third-order valence-electron chi connectivity index (χ3n) is 2.86. The van der Waals surface area contributed by atoms with E-state index < -0.39 is 6.43 Å². The second-order valence-corrected chi connectivity index (χ2v) is 3.95. The Hall–Kier alpha value is -1.78. The smallest absolute Gasteiger partial charge is 0.264 e. The number of rotatable bonds is 4. The van der Waals surface area contributed by atoms with Gasteiger partial charge in [0, 0.05) is 30.1 Å². The van der Waals surface area contributed by atoms with Gasteiger partial charge in [0.1, 0.15) is 0 Å². The minimum absolute atomic E-state index is 0.00209. The zero-order valence-electron chi connectivity index (χ0n) is 10.4. The summed E-state index contributed by atoms with van der Waals surface area (Å²) in [5.41, 5.74) is 2.07. The van der Waals surface area contributed by atoms with Gasteiger partial charge in [-0.05, 0) is 25.5 Å². The van der Waals surface area contributed by atoms with Crippen molar-refractivity contribution in [2.45, 2.75) is 33.2 Å². The van der Waals surface area contributed by atoms with E-state index in [2.05, 4.69) is 10.1 Å². The Balaban J connectivity index is 2.57. The Morgan fingerprint density at radius 3 is 2.72 bits per heavy atom. The molecule has 96 valence electrons. The summed E-state index contributed by atoms with van der Waals surface area (Å²) >= 11 is 0. The predicted molar refractivity (Wildman–Crippen MR) is 65.5 cm³/mol. The van der Waals surface area contributed by atoms with E-state index in [0.29, 0.717) is 17.8 Å². The summed E-state index contributed by atoms with van der Waals surface area (Å²) < 4.78 is 27.7. The van der Waals surface area contributed by atoms with Crippen LogP contribution in [0.5, 0.6) is 0 Å². The van der Waals surface area contributed by atoms with Crippen LogP contribution >= 0.6 is 0 Å². The van der Waals surface area contributed by atoms with Crippen molar-refractivity contribution >= 4 is 0 Å². The molecule has 0 atom stereocenters. The molecule has 3 nitrogen and oxygen atoms in total. The van der Waals surface area contributed by atoms with Gasteiger partial charge in [0.15, 0.2) is 0 Å². The maximum atomic E-state index is 13.0. The number of aryl methyl sites for hydroxylation is 2. The van der Waals surface area contributed by atoms with Gasteiger partial charge in [0.05, 0.1) is 11.4 Å². The molecule has 0 aliphatic carbocycles. The quantitative estimate of drug-likeness (QED) is 0.833. The second kappa shape index (κ2) is 5.25. The molecule has 0 aromatic carbocycles. The summed E-state index contributed by atoms with van der Waals surface area (Å²) in [4.78, 5) is 3.94. The number of hydrogen-bond acceptors (Lipinski definition) is 2. The van der Waals surface area contributed by atoms with Crippen LogP contribution in [0.1, 0.15) is 31.5 Å². The van der Waals surface area contributed by atoms with Gasteiger partial charge in [-0.25, -0.2) is 8.78 Å².